The number of halogens is 1. The largest absolute Gasteiger partial charge is 0.465 e. The van der Waals surface area contributed by atoms with Crippen LogP contribution in [0.2, 0.25) is 5.15 Å². The Kier molecular flexibility index (Phi) is 5.70. The second kappa shape index (κ2) is 7.82. The molecule has 3 heterocycles. The summed E-state index contributed by atoms with van der Waals surface area (Å²) in [5.74, 6) is -0.148. The van der Waals surface area contributed by atoms with Gasteiger partial charge in [0.1, 0.15) is 5.15 Å². The maximum Gasteiger partial charge on any atom is 0.312 e. The summed E-state index contributed by atoms with van der Waals surface area (Å²) in [5, 5.41) is 5.03. The molecule has 0 aromatic carbocycles. The Morgan fingerprint density at radius 1 is 1.35 bits per heavy atom. The summed E-state index contributed by atoms with van der Waals surface area (Å²) >= 11 is 6.41. The van der Waals surface area contributed by atoms with Crippen LogP contribution in [-0.4, -0.2) is 46.3 Å². The van der Waals surface area contributed by atoms with E-state index in [1.54, 1.807) is 21.7 Å². The first-order chi connectivity index (χ1) is 12.5. The molecular weight excluding hydrogens is 354 g/mol. The molecule has 0 N–H and O–H groups in total. The molecule has 1 amide bonds. The van der Waals surface area contributed by atoms with E-state index in [-0.39, 0.29) is 17.3 Å². The van der Waals surface area contributed by atoms with E-state index >= 15 is 0 Å². The SMILES string of the molecule is CCCCn1nc(C)c(/C=C/C(=O)N2CCC3(CCOC3=O)CC2)c1Cl. The number of rotatable bonds is 5. The molecule has 0 unspecified atom stereocenters. The van der Waals surface area contributed by atoms with Crippen molar-refractivity contribution in [1.29, 1.82) is 0 Å². The van der Waals surface area contributed by atoms with E-state index in [0.29, 0.717) is 37.7 Å². The van der Waals surface area contributed by atoms with Crippen molar-refractivity contribution in [3.05, 3.63) is 22.5 Å². The van der Waals surface area contributed by atoms with Crippen molar-refractivity contribution < 1.29 is 14.3 Å². The first-order valence-corrected chi connectivity index (χ1v) is 9.72. The molecular formula is C19H26ClN3O3. The zero-order valence-electron chi connectivity index (χ0n) is 15.5. The minimum Gasteiger partial charge on any atom is -0.465 e. The number of hydrogen-bond acceptors (Lipinski definition) is 4. The van der Waals surface area contributed by atoms with E-state index in [1.807, 2.05) is 6.92 Å². The Morgan fingerprint density at radius 3 is 2.69 bits per heavy atom. The molecule has 0 atom stereocenters. The molecule has 1 aromatic rings. The molecule has 3 rings (SSSR count). The van der Waals surface area contributed by atoms with Gasteiger partial charge in [0, 0.05) is 31.3 Å². The summed E-state index contributed by atoms with van der Waals surface area (Å²) in [4.78, 5) is 26.2. The van der Waals surface area contributed by atoms with Crippen LogP contribution in [0.4, 0.5) is 0 Å². The number of nitrogens with zero attached hydrogens (tertiary/aromatic N) is 3. The average Bonchev–Trinajstić information content (AvgIpc) is 3.11. The van der Waals surface area contributed by atoms with Gasteiger partial charge in [-0.05, 0) is 38.7 Å². The minimum atomic E-state index is -0.360. The summed E-state index contributed by atoms with van der Waals surface area (Å²) in [6, 6.07) is 0. The van der Waals surface area contributed by atoms with Crippen molar-refractivity contribution in [2.75, 3.05) is 19.7 Å². The molecule has 142 valence electrons. The van der Waals surface area contributed by atoms with E-state index in [0.717, 1.165) is 37.1 Å². The lowest BCUT2D eigenvalue weighted by Crippen LogP contribution is -2.44. The highest BCUT2D eigenvalue weighted by Gasteiger charge is 2.46. The lowest BCUT2D eigenvalue weighted by atomic mass is 9.77. The molecule has 2 fully saturated rings. The number of piperidine rings is 1. The van der Waals surface area contributed by atoms with Gasteiger partial charge < -0.3 is 9.64 Å². The second-order valence-corrected chi connectivity index (χ2v) is 7.55. The number of likely N-dealkylation sites (tertiary alicyclic amines) is 1. The number of aryl methyl sites for hydroxylation is 2. The summed E-state index contributed by atoms with van der Waals surface area (Å²) in [6.07, 6.45) is 7.54. The molecule has 2 saturated heterocycles. The Balaban J connectivity index is 1.62. The predicted molar refractivity (Wildman–Crippen MR) is 99.7 cm³/mol. The molecule has 26 heavy (non-hydrogen) atoms. The topological polar surface area (TPSA) is 64.4 Å². The third kappa shape index (κ3) is 3.65. The first kappa shape index (κ1) is 19.0. The van der Waals surface area contributed by atoms with Crippen LogP contribution in [0.1, 0.15) is 50.3 Å². The first-order valence-electron chi connectivity index (χ1n) is 9.34. The van der Waals surface area contributed by atoms with Crippen molar-refractivity contribution in [2.24, 2.45) is 5.41 Å². The lowest BCUT2D eigenvalue weighted by molar-refractivity contribution is -0.149. The highest BCUT2D eigenvalue weighted by molar-refractivity contribution is 6.31. The summed E-state index contributed by atoms with van der Waals surface area (Å²) in [5.41, 5.74) is 1.26. The zero-order valence-corrected chi connectivity index (χ0v) is 16.2. The molecule has 0 radical (unpaired) electrons. The highest BCUT2D eigenvalue weighted by atomic mass is 35.5. The third-order valence-corrected chi connectivity index (χ3v) is 5.90. The standard InChI is InChI=1S/C19H26ClN3O3/c1-3-4-10-23-17(20)15(14(2)21-23)5-6-16(24)22-11-7-19(8-12-22)9-13-26-18(19)25/h5-6H,3-4,7-13H2,1-2H3/b6-5+. The van der Waals surface area contributed by atoms with E-state index in [4.69, 9.17) is 16.3 Å². The number of carbonyl (C=O) groups is 2. The minimum absolute atomic E-state index is 0.0528. The molecule has 0 saturated carbocycles. The van der Waals surface area contributed by atoms with Crippen molar-refractivity contribution in [2.45, 2.75) is 52.5 Å². The number of unbranched alkanes of at least 4 members (excludes halogenated alkanes) is 1. The molecule has 2 aliphatic rings. The van der Waals surface area contributed by atoms with Crippen LogP contribution in [-0.2, 0) is 20.9 Å². The second-order valence-electron chi connectivity index (χ2n) is 7.19. The van der Waals surface area contributed by atoms with Crippen LogP contribution in [0.25, 0.3) is 6.08 Å². The summed E-state index contributed by atoms with van der Waals surface area (Å²) in [6.45, 7) is 6.48. The van der Waals surface area contributed by atoms with Crippen LogP contribution in [0, 0.1) is 12.3 Å². The number of amides is 1. The summed E-state index contributed by atoms with van der Waals surface area (Å²) in [7, 11) is 0. The zero-order chi connectivity index (χ0) is 18.7. The van der Waals surface area contributed by atoms with Crippen LogP contribution in [0.3, 0.4) is 0 Å². The Hall–Kier alpha value is -1.82. The van der Waals surface area contributed by atoms with Crippen LogP contribution >= 0.6 is 11.6 Å². The Morgan fingerprint density at radius 2 is 2.08 bits per heavy atom. The van der Waals surface area contributed by atoms with E-state index in [2.05, 4.69) is 12.0 Å². The Labute approximate surface area is 159 Å². The van der Waals surface area contributed by atoms with E-state index in [1.165, 1.54) is 0 Å². The molecule has 2 aliphatic heterocycles. The fourth-order valence-electron chi connectivity index (χ4n) is 3.68. The predicted octanol–water partition coefficient (Wildman–Crippen LogP) is 3.21. The van der Waals surface area contributed by atoms with Gasteiger partial charge in [0.25, 0.3) is 0 Å². The van der Waals surface area contributed by atoms with Crippen LogP contribution < -0.4 is 0 Å². The fraction of sp³-hybridized carbons (Fsp3) is 0.632. The van der Waals surface area contributed by atoms with Crippen LogP contribution in [0.5, 0.6) is 0 Å². The van der Waals surface area contributed by atoms with Gasteiger partial charge in [0.05, 0.1) is 17.7 Å². The molecule has 7 heteroatoms. The number of hydrogen-bond donors (Lipinski definition) is 0. The van der Waals surface area contributed by atoms with Crippen molar-refractivity contribution in [1.82, 2.24) is 14.7 Å². The fourth-order valence-corrected chi connectivity index (χ4v) is 4.00. The number of aromatic nitrogens is 2. The molecule has 6 nitrogen and oxygen atoms in total. The van der Waals surface area contributed by atoms with Gasteiger partial charge in [-0.3, -0.25) is 14.3 Å². The van der Waals surface area contributed by atoms with Crippen LogP contribution in [0.15, 0.2) is 6.08 Å². The number of carbonyl (C=O) groups excluding carboxylic acids is 2. The van der Waals surface area contributed by atoms with Gasteiger partial charge in [-0.25, -0.2) is 0 Å². The summed E-state index contributed by atoms with van der Waals surface area (Å²) < 4.78 is 6.92. The third-order valence-electron chi connectivity index (χ3n) is 5.50. The van der Waals surface area contributed by atoms with E-state index < -0.39 is 0 Å². The molecule has 1 aromatic heterocycles. The molecule has 1 spiro atoms. The maximum absolute atomic E-state index is 12.5. The smallest absolute Gasteiger partial charge is 0.312 e. The van der Waals surface area contributed by atoms with Gasteiger partial charge in [-0.2, -0.15) is 5.10 Å². The van der Waals surface area contributed by atoms with Gasteiger partial charge in [0.15, 0.2) is 0 Å². The van der Waals surface area contributed by atoms with Gasteiger partial charge in [-0.1, -0.05) is 24.9 Å². The maximum atomic E-state index is 12.5. The van der Waals surface area contributed by atoms with Gasteiger partial charge in [0.2, 0.25) is 5.91 Å². The molecule has 0 aliphatic carbocycles. The van der Waals surface area contributed by atoms with Crippen molar-refractivity contribution in [3.8, 4) is 0 Å². The lowest BCUT2D eigenvalue weighted by Gasteiger charge is -2.35. The molecule has 0 bridgehead atoms. The average molecular weight is 380 g/mol. The van der Waals surface area contributed by atoms with Gasteiger partial charge in [-0.15, -0.1) is 0 Å². The number of esters is 1. The van der Waals surface area contributed by atoms with Crippen molar-refractivity contribution in [3.63, 3.8) is 0 Å². The monoisotopic (exact) mass is 379 g/mol. The number of cyclic esters (lactones) is 1. The highest BCUT2D eigenvalue weighted by Crippen LogP contribution is 2.40. The van der Waals surface area contributed by atoms with Gasteiger partial charge >= 0.3 is 5.97 Å². The Bertz CT molecular complexity index is 718. The quantitative estimate of drug-likeness (QED) is 0.582. The van der Waals surface area contributed by atoms with E-state index in [9.17, 15) is 9.59 Å². The number of ether oxygens (including phenoxy) is 1. The normalized spacial score (nSPS) is 19.5. The van der Waals surface area contributed by atoms with Crippen molar-refractivity contribution >= 4 is 29.6 Å².